The molecule has 0 heterocycles. The summed E-state index contributed by atoms with van der Waals surface area (Å²) < 4.78 is 111. The third kappa shape index (κ3) is 8.62. The average Bonchev–Trinajstić information content (AvgIpc) is 3.00. The fourth-order valence-corrected chi connectivity index (χ4v) is 6.11. The second-order valence-electron chi connectivity index (χ2n) is 9.89. The lowest BCUT2D eigenvalue weighted by Crippen LogP contribution is -2.04. The summed E-state index contributed by atoms with van der Waals surface area (Å²) in [7, 11) is -14.5. The van der Waals surface area contributed by atoms with Crippen molar-refractivity contribution in [3.63, 3.8) is 0 Å². The minimum atomic E-state index is -5.16. The number of fused-ring (bicyclic) bond motifs is 1. The topological polar surface area (TPSA) is 318 Å². The highest BCUT2D eigenvalue weighted by Crippen LogP contribution is 2.45. The molecule has 0 saturated heterocycles. The highest BCUT2D eigenvalue weighted by Gasteiger charge is 2.25. The zero-order chi connectivity index (χ0) is 36.3. The number of phenolic OH excluding ortho intramolecular Hbond substituents is 1. The molecule has 0 aliphatic rings. The van der Waals surface area contributed by atoms with Crippen LogP contribution >= 0.6 is 0 Å². The molecule has 262 valence electrons. The van der Waals surface area contributed by atoms with Gasteiger partial charge in [-0.15, -0.1) is 15.3 Å². The van der Waals surface area contributed by atoms with Gasteiger partial charge in [0.15, 0.2) is 5.75 Å². The molecule has 8 N–H and O–H groups in total. The summed E-state index contributed by atoms with van der Waals surface area (Å²) in [4.78, 5) is -2.17. The molecule has 0 unspecified atom stereocenters. The Hall–Kier alpha value is -4.81. The van der Waals surface area contributed by atoms with Crippen molar-refractivity contribution >= 4 is 69.6 Å². The van der Waals surface area contributed by atoms with Crippen LogP contribution in [-0.2, 0) is 30.4 Å². The number of hydrogen-bond acceptors (Lipinski definition) is 16. The normalized spacial score (nSPS) is 12.7. The average molecular weight is 742 g/mol. The third-order valence-electron chi connectivity index (χ3n) is 6.46. The van der Waals surface area contributed by atoms with Gasteiger partial charge < -0.3 is 30.5 Å². The second kappa shape index (κ2) is 14.4. The first-order valence-electron chi connectivity index (χ1n) is 13.5. The number of rotatable bonds is 13. The molecule has 4 aromatic carbocycles. The molecule has 49 heavy (non-hydrogen) atoms. The Kier molecular flexibility index (Phi) is 10.8. The summed E-state index contributed by atoms with van der Waals surface area (Å²) in [5.74, 6) is -1.13. The zero-order valence-corrected chi connectivity index (χ0v) is 27.4. The van der Waals surface area contributed by atoms with E-state index in [1.54, 1.807) is 0 Å². The van der Waals surface area contributed by atoms with Gasteiger partial charge in [0, 0.05) is 17.5 Å². The van der Waals surface area contributed by atoms with E-state index in [1.807, 2.05) is 0 Å². The molecule has 0 amide bonds. The van der Waals surface area contributed by atoms with Crippen LogP contribution in [0.5, 0.6) is 17.2 Å². The molecular weight excluding hydrogens is 715 g/mol. The van der Waals surface area contributed by atoms with Crippen molar-refractivity contribution in [1.82, 2.24) is 0 Å². The number of aryl methyl sites for hydroxylation is 1. The minimum absolute atomic E-state index is 0.0316. The first kappa shape index (κ1) is 37.0. The maximum absolute atomic E-state index is 12.3. The van der Waals surface area contributed by atoms with Crippen LogP contribution in [0.15, 0.2) is 83.7 Å². The standard InChI is InChI=1S/C27H27N5O14S3/c1-14-8-16(47(36,37)38)2-3-19(14)29-30-20-12-23(46-7-5-34)21(13-22(20)45-6-4-33)31-32-26-25(49(42,43)44)10-15-9-24(48(39,40)41)18(28)11-17(15)27(26)35/h2-3,8-13,33-35H,4-7,28H2,1H3,(H,36,37,38)(H,39,40,41)(H,42,43,44). The lowest BCUT2D eigenvalue weighted by Gasteiger charge is -2.13. The highest BCUT2D eigenvalue weighted by molar-refractivity contribution is 7.86. The van der Waals surface area contributed by atoms with E-state index in [1.165, 1.54) is 25.1 Å². The molecule has 22 heteroatoms. The van der Waals surface area contributed by atoms with Gasteiger partial charge in [-0.1, -0.05) is 0 Å². The number of anilines is 1. The predicted molar refractivity (Wildman–Crippen MR) is 171 cm³/mol. The highest BCUT2D eigenvalue weighted by atomic mass is 32.2. The number of phenols is 1. The number of nitrogens with zero attached hydrogens (tertiary/aromatic N) is 4. The maximum atomic E-state index is 12.3. The molecule has 0 fully saturated rings. The van der Waals surface area contributed by atoms with Crippen molar-refractivity contribution in [2.45, 2.75) is 21.6 Å². The maximum Gasteiger partial charge on any atom is 0.296 e. The monoisotopic (exact) mass is 741 g/mol. The van der Waals surface area contributed by atoms with Crippen LogP contribution in [0, 0.1) is 6.92 Å². The largest absolute Gasteiger partial charge is 0.505 e. The molecule has 0 spiro atoms. The number of aromatic hydroxyl groups is 1. The number of nitrogens with two attached hydrogens (primary N) is 1. The third-order valence-corrected chi connectivity index (χ3v) is 9.09. The molecule has 0 saturated carbocycles. The van der Waals surface area contributed by atoms with Gasteiger partial charge in [0.1, 0.15) is 51.6 Å². The Morgan fingerprint density at radius 2 is 1.18 bits per heavy atom. The van der Waals surface area contributed by atoms with E-state index in [9.17, 15) is 54.2 Å². The van der Waals surface area contributed by atoms with Crippen LogP contribution < -0.4 is 15.2 Å². The quantitative estimate of drug-likeness (QED) is 0.0583. The summed E-state index contributed by atoms with van der Waals surface area (Å²) in [6.45, 7) is 0.0387. The Balaban J connectivity index is 1.89. The van der Waals surface area contributed by atoms with Gasteiger partial charge in [0.05, 0.1) is 29.5 Å². The molecule has 19 nitrogen and oxygen atoms in total. The van der Waals surface area contributed by atoms with Gasteiger partial charge in [0.25, 0.3) is 30.4 Å². The van der Waals surface area contributed by atoms with Crippen LogP contribution in [0.3, 0.4) is 0 Å². The van der Waals surface area contributed by atoms with Gasteiger partial charge in [-0.3, -0.25) is 13.7 Å². The van der Waals surface area contributed by atoms with E-state index in [4.69, 9.17) is 15.2 Å². The summed E-state index contributed by atoms with van der Waals surface area (Å²) in [6, 6.07) is 8.41. The van der Waals surface area contributed by atoms with Crippen LogP contribution in [0.2, 0.25) is 0 Å². The fraction of sp³-hybridized carbons (Fsp3) is 0.185. The first-order valence-corrected chi connectivity index (χ1v) is 17.8. The zero-order valence-electron chi connectivity index (χ0n) is 25.0. The van der Waals surface area contributed by atoms with Crippen molar-refractivity contribution in [2.75, 3.05) is 32.2 Å². The summed E-state index contributed by atoms with van der Waals surface area (Å²) >= 11 is 0. The van der Waals surface area contributed by atoms with E-state index in [-0.39, 0.29) is 57.4 Å². The molecule has 0 aliphatic heterocycles. The Morgan fingerprint density at radius 1 is 0.673 bits per heavy atom. The summed E-state index contributed by atoms with van der Waals surface area (Å²) in [5.41, 5.74) is 4.67. The van der Waals surface area contributed by atoms with Crippen molar-refractivity contribution in [1.29, 1.82) is 0 Å². The first-order chi connectivity index (χ1) is 22.8. The van der Waals surface area contributed by atoms with E-state index in [0.29, 0.717) is 5.56 Å². The SMILES string of the molecule is Cc1cc(S(=O)(=O)O)ccc1N=Nc1cc(OCCO)c(N=Nc2c(S(=O)(=O)O)cc3cc(S(=O)(=O)O)c(N)cc3c2O)cc1OCCO. The fourth-order valence-electron chi connectivity index (χ4n) is 4.26. The number of aliphatic hydroxyl groups excluding tert-OH is 2. The molecular formula is C27H27N5O14S3. The van der Waals surface area contributed by atoms with Crippen molar-refractivity contribution in [3.05, 3.63) is 54.1 Å². The van der Waals surface area contributed by atoms with Crippen LogP contribution in [-0.4, -0.2) is 80.7 Å². The Bertz CT molecular complexity index is 2330. The Morgan fingerprint density at radius 3 is 1.67 bits per heavy atom. The van der Waals surface area contributed by atoms with Crippen molar-refractivity contribution in [3.8, 4) is 17.2 Å². The molecule has 0 aromatic heterocycles. The van der Waals surface area contributed by atoms with Crippen molar-refractivity contribution < 1.29 is 63.7 Å². The lowest BCUT2D eigenvalue weighted by atomic mass is 10.1. The number of aliphatic hydroxyl groups is 2. The van der Waals surface area contributed by atoms with Gasteiger partial charge in [-0.2, -0.15) is 30.4 Å². The molecule has 0 aliphatic carbocycles. The van der Waals surface area contributed by atoms with Crippen LogP contribution in [0.1, 0.15) is 5.56 Å². The minimum Gasteiger partial charge on any atom is -0.505 e. The van der Waals surface area contributed by atoms with Gasteiger partial charge in [-0.25, -0.2) is 0 Å². The molecule has 0 atom stereocenters. The van der Waals surface area contributed by atoms with Gasteiger partial charge in [0.2, 0.25) is 0 Å². The summed E-state index contributed by atoms with van der Waals surface area (Å²) in [5, 5.41) is 45.1. The molecule has 0 bridgehead atoms. The van der Waals surface area contributed by atoms with E-state index in [2.05, 4.69) is 20.5 Å². The lowest BCUT2D eigenvalue weighted by molar-refractivity contribution is 0.198. The number of ether oxygens (including phenoxy) is 2. The van der Waals surface area contributed by atoms with Crippen LogP contribution in [0.4, 0.5) is 28.4 Å². The van der Waals surface area contributed by atoms with Gasteiger partial charge >= 0.3 is 0 Å². The number of benzene rings is 4. The number of hydrogen-bond donors (Lipinski definition) is 7. The van der Waals surface area contributed by atoms with E-state index < -0.39 is 70.5 Å². The number of azo groups is 2. The number of nitrogen functional groups attached to an aromatic ring is 1. The molecule has 4 aromatic rings. The van der Waals surface area contributed by atoms with Crippen molar-refractivity contribution in [2.24, 2.45) is 20.5 Å². The Labute approximate surface area is 278 Å². The summed E-state index contributed by atoms with van der Waals surface area (Å²) in [6.07, 6.45) is 0. The van der Waals surface area contributed by atoms with Crippen LogP contribution in [0.25, 0.3) is 10.8 Å². The van der Waals surface area contributed by atoms with Gasteiger partial charge in [-0.05, 0) is 54.3 Å². The second-order valence-corrected chi connectivity index (χ2v) is 14.1. The smallest absolute Gasteiger partial charge is 0.296 e. The van der Waals surface area contributed by atoms with E-state index >= 15 is 0 Å². The molecule has 0 radical (unpaired) electrons. The predicted octanol–water partition coefficient (Wildman–Crippen LogP) is 3.75. The molecule has 4 rings (SSSR count). The van der Waals surface area contributed by atoms with E-state index in [0.717, 1.165) is 30.3 Å².